The molecule has 0 bridgehead atoms. The lowest BCUT2D eigenvalue weighted by molar-refractivity contribution is 0.624. The fraction of sp³-hybridized carbons (Fsp3) is 0.714. The average Bonchev–Trinajstić information content (AvgIpc) is 2.74. The molecule has 0 spiro atoms. The van der Waals surface area contributed by atoms with Gasteiger partial charge in [0, 0.05) is 5.92 Å². The van der Waals surface area contributed by atoms with Crippen molar-refractivity contribution in [1.82, 2.24) is 15.2 Å². The van der Waals surface area contributed by atoms with E-state index >= 15 is 0 Å². The molecular weight excluding hydrogens is 140 g/mol. The van der Waals surface area contributed by atoms with Crippen LogP contribution < -0.4 is 5.73 Å². The lowest BCUT2D eigenvalue weighted by Crippen LogP contribution is -1.98. The summed E-state index contributed by atoms with van der Waals surface area (Å²) in [6.07, 6.45) is 2.64. The molecule has 1 aromatic rings. The van der Waals surface area contributed by atoms with Crippen LogP contribution in [0.1, 0.15) is 31.5 Å². The number of nitrogens with zero attached hydrogens (tertiary/aromatic N) is 2. The Kier molecular flexibility index (Phi) is 1.34. The topological polar surface area (TPSA) is 67.6 Å². The molecule has 1 aliphatic rings. The van der Waals surface area contributed by atoms with Gasteiger partial charge in [0.15, 0.2) is 0 Å². The number of hydrogen-bond donors (Lipinski definition) is 2. The lowest BCUT2D eigenvalue weighted by atomic mass is 10.1. The second-order valence-corrected chi connectivity index (χ2v) is 3.20. The fourth-order valence-corrected chi connectivity index (χ4v) is 1.31. The predicted octanol–water partition coefficient (Wildman–Crippen LogP) is 0.900. The highest BCUT2D eigenvalue weighted by atomic mass is 15.3. The monoisotopic (exact) mass is 152 g/mol. The van der Waals surface area contributed by atoms with Gasteiger partial charge in [-0.25, -0.2) is 0 Å². The Hall–Kier alpha value is -1.06. The van der Waals surface area contributed by atoms with Crippen molar-refractivity contribution in [3.05, 3.63) is 5.82 Å². The molecule has 1 saturated carbocycles. The van der Waals surface area contributed by atoms with Crippen molar-refractivity contribution in [3.63, 3.8) is 0 Å². The standard InChI is InChI=1S/C7H12N4/c1-4(5-2-3-5)6-9-7(8)11-10-6/h4-5H,2-3H2,1H3,(H3,8,9,10,11). The normalized spacial score (nSPS) is 20.1. The maximum atomic E-state index is 5.38. The fourth-order valence-electron chi connectivity index (χ4n) is 1.31. The van der Waals surface area contributed by atoms with Gasteiger partial charge in [-0.3, -0.25) is 5.10 Å². The van der Waals surface area contributed by atoms with E-state index in [9.17, 15) is 0 Å². The molecule has 1 heterocycles. The maximum absolute atomic E-state index is 5.38. The highest BCUT2D eigenvalue weighted by Gasteiger charge is 2.30. The number of nitrogens with one attached hydrogen (secondary N) is 1. The predicted molar refractivity (Wildman–Crippen MR) is 41.9 cm³/mol. The highest BCUT2D eigenvalue weighted by molar-refractivity contribution is 5.15. The zero-order valence-electron chi connectivity index (χ0n) is 6.54. The van der Waals surface area contributed by atoms with Crippen LogP contribution in [0.5, 0.6) is 0 Å². The summed E-state index contributed by atoms with van der Waals surface area (Å²) in [6.45, 7) is 2.16. The summed E-state index contributed by atoms with van der Waals surface area (Å²) in [6, 6.07) is 0. The quantitative estimate of drug-likeness (QED) is 0.661. The second-order valence-electron chi connectivity index (χ2n) is 3.20. The number of nitrogen functional groups attached to an aromatic ring is 1. The third kappa shape index (κ3) is 1.20. The number of anilines is 1. The number of rotatable bonds is 2. The molecule has 0 saturated heterocycles. The molecule has 60 valence electrons. The van der Waals surface area contributed by atoms with Crippen LogP contribution in [0, 0.1) is 5.92 Å². The number of hydrogen-bond acceptors (Lipinski definition) is 3. The van der Waals surface area contributed by atoms with Crippen LogP contribution >= 0.6 is 0 Å². The van der Waals surface area contributed by atoms with E-state index in [0.29, 0.717) is 11.9 Å². The van der Waals surface area contributed by atoms with Gasteiger partial charge in [-0.1, -0.05) is 6.92 Å². The Morgan fingerprint density at radius 2 is 2.36 bits per heavy atom. The molecule has 2 rings (SSSR count). The first kappa shape index (κ1) is 6.64. The van der Waals surface area contributed by atoms with Gasteiger partial charge in [0.05, 0.1) is 0 Å². The molecule has 0 radical (unpaired) electrons. The molecule has 1 atom stereocenters. The van der Waals surface area contributed by atoms with E-state index in [1.807, 2.05) is 0 Å². The van der Waals surface area contributed by atoms with Crippen molar-refractivity contribution in [2.45, 2.75) is 25.7 Å². The molecule has 11 heavy (non-hydrogen) atoms. The van der Waals surface area contributed by atoms with Gasteiger partial charge in [-0.15, -0.1) is 5.10 Å². The van der Waals surface area contributed by atoms with Crippen LogP contribution in [0.4, 0.5) is 5.95 Å². The zero-order valence-corrected chi connectivity index (χ0v) is 6.54. The van der Waals surface area contributed by atoms with Crippen LogP contribution in [0.3, 0.4) is 0 Å². The Balaban J connectivity index is 2.14. The SMILES string of the molecule is CC(c1nc(N)n[nH]1)C1CC1. The van der Waals surface area contributed by atoms with Crippen LogP contribution in [0.25, 0.3) is 0 Å². The van der Waals surface area contributed by atoms with Crippen LogP contribution in [0.15, 0.2) is 0 Å². The summed E-state index contributed by atoms with van der Waals surface area (Å²) >= 11 is 0. The third-order valence-electron chi connectivity index (χ3n) is 2.28. The number of aromatic amines is 1. The smallest absolute Gasteiger partial charge is 0.239 e. The molecule has 0 amide bonds. The minimum atomic E-state index is 0.354. The van der Waals surface area contributed by atoms with Crippen molar-refractivity contribution in [3.8, 4) is 0 Å². The zero-order chi connectivity index (χ0) is 7.84. The lowest BCUT2D eigenvalue weighted by Gasteiger charge is -2.02. The van der Waals surface area contributed by atoms with Crippen molar-refractivity contribution in [1.29, 1.82) is 0 Å². The molecule has 3 N–H and O–H groups in total. The molecule has 1 aromatic heterocycles. The Morgan fingerprint density at radius 3 is 2.82 bits per heavy atom. The maximum Gasteiger partial charge on any atom is 0.239 e. The van der Waals surface area contributed by atoms with Gasteiger partial charge >= 0.3 is 0 Å². The average molecular weight is 152 g/mol. The van der Waals surface area contributed by atoms with Crippen molar-refractivity contribution in [2.24, 2.45) is 5.92 Å². The van der Waals surface area contributed by atoms with Crippen molar-refractivity contribution < 1.29 is 0 Å². The number of aromatic nitrogens is 3. The summed E-state index contributed by atoms with van der Waals surface area (Å²) in [5.74, 6) is 2.60. The summed E-state index contributed by atoms with van der Waals surface area (Å²) in [4.78, 5) is 4.08. The summed E-state index contributed by atoms with van der Waals surface area (Å²) in [5.41, 5.74) is 5.38. The number of nitrogens with two attached hydrogens (primary N) is 1. The van der Waals surface area contributed by atoms with Crippen molar-refractivity contribution in [2.75, 3.05) is 5.73 Å². The summed E-state index contributed by atoms with van der Waals surface area (Å²) < 4.78 is 0. The van der Waals surface area contributed by atoms with E-state index in [1.54, 1.807) is 0 Å². The summed E-state index contributed by atoms with van der Waals surface area (Å²) in [7, 11) is 0. The van der Waals surface area contributed by atoms with Gasteiger partial charge in [0.2, 0.25) is 5.95 Å². The van der Waals surface area contributed by atoms with E-state index < -0.39 is 0 Å². The van der Waals surface area contributed by atoms with Crippen LogP contribution in [0.2, 0.25) is 0 Å². The minimum Gasteiger partial charge on any atom is -0.367 e. The molecule has 4 nitrogen and oxygen atoms in total. The van der Waals surface area contributed by atoms with Crippen molar-refractivity contribution >= 4 is 5.95 Å². The first-order chi connectivity index (χ1) is 5.27. The largest absolute Gasteiger partial charge is 0.367 e. The third-order valence-corrected chi connectivity index (χ3v) is 2.28. The molecule has 4 heteroatoms. The van der Waals surface area contributed by atoms with Crippen LogP contribution in [-0.2, 0) is 0 Å². The minimum absolute atomic E-state index is 0.354. The van der Waals surface area contributed by atoms with E-state index in [0.717, 1.165) is 11.7 Å². The first-order valence-corrected chi connectivity index (χ1v) is 3.95. The molecule has 1 aliphatic carbocycles. The van der Waals surface area contributed by atoms with Gasteiger partial charge in [-0.2, -0.15) is 4.98 Å². The Bertz CT molecular complexity index is 251. The van der Waals surface area contributed by atoms with E-state index in [-0.39, 0.29) is 0 Å². The van der Waals surface area contributed by atoms with E-state index in [1.165, 1.54) is 12.8 Å². The molecule has 0 aliphatic heterocycles. The molecular formula is C7H12N4. The molecule has 0 aromatic carbocycles. The molecule has 1 fully saturated rings. The Morgan fingerprint density at radius 1 is 1.64 bits per heavy atom. The van der Waals surface area contributed by atoms with Gasteiger partial charge < -0.3 is 5.73 Å². The highest BCUT2D eigenvalue weighted by Crippen LogP contribution is 2.40. The van der Waals surface area contributed by atoms with E-state index in [4.69, 9.17) is 5.73 Å². The van der Waals surface area contributed by atoms with Gasteiger partial charge in [0.25, 0.3) is 0 Å². The van der Waals surface area contributed by atoms with Gasteiger partial charge in [-0.05, 0) is 18.8 Å². The number of H-pyrrole nitrogens is 1. The second kappa shape index (κ2) is 2.22. The Labute approximate surface area is 65.2 Å². The van der Waals surface area contributed by atoms with Gasteiger partial charge in [0.1, 0.15) is 5.82 Å². The van der Waals surface area contributed by atoms with E-state index in [2.05, 4.69) is 22.1 Å². The first-order valence-electron chi connectivity index (χ1n) is 3.95. The molecule has 1 unspecified atom stereocenters. The van der Waals surface area contributed by atoms with Crippen LogP contribution in [-0.4, -0.2) is 15.2 Å². The summed E-state index contributed by atoms with van der Waals surface area (Å²) in [5, 5.41) is 6.63.